The molecule has 0 bridgehead atoms. The largest absolute Gasteiger partial charge is 1.00 e. The van der Waals surface area contributed by atoms with Gasteiger partial charge in [-0.1, -0.05) is 48.6 Å². The van der Waals surface area contributed by atoms with Crippen LogP contribution in [0.2, 0.25) is 0 Å². The van der Waals surface area contributed by atoms with Crippen molar-refractivity contribution in [1.82, 2.24) is 0 Å². The summed E-state index contributed by atoms with van der Waals surface area (Å²) in [5.74, 6) is 1.78. The Balaban J connectivity index is 0. The fourth-order valence-corrected chi connectivity index (χ4v) is 1.97. The Labute approximate surface area is 172 Å². The molecule has 0 aliphatic carbocycles. The zero-order chi connectivity index (χ0) is 18.0. The van der Waals surface area contributed by atoms with E-state index in [2.05, 4.69) is 25.3 Å². The van der Waals surface area contributed by atoms with Gasteiger partial charge in [0.15, 0.2) is 0 Å². The SMILES string of the molecule is C=CCc1ccccc1Oc1ccccc1CC=C.O=S(=O)(O)O.[H-].[Na+]. The van der Waals surface area contributed by atoms with E-state index in [1.807, 2.05) is 48.6 Å². The van der Waals surface area contributed by atoms with E-state index in [-0.39, 0.29) is 31.0 Å². The van der Waals surface area contributed by atoms with Crippen molar-refractivity contribution >= 4 is 10.4 Å². The first-order chi connectivity index (χ1) is 11.3. The number of allylic oxidation sites excluding steroid dienone is 2. The second-order valence-corrected chi connectivity index (χ2v) is 5.65. The van der Waals surface area contributed by atoms with Crippen molar-refractivity contribution in [3.63, 3.8) is 0 Å². The van der Waals surface area contributed by atoms with E-state index < -0.39 is 10.4 Å². The molecule has 2 aromatic carbocycles. The van der Waals surface area contributed by atoms with Gasteiger partial charge in [0, 0.05) is 0 Å². The topological polar surface area (TPSA) is 83.8 Å². The molecule has 0 spiro atoms. The molecule has 0 aliphatic heterocycles. The first-order valence-corrected chi connectivity index (χ1v) is 8.50. The van der Waals surface area contributed by atoms with E-state index >= 15 is 0 Å². The molecule has 0 radical (unpaired) electrons. The average molecular weight is 372 g/mol. The maximum absolute atomic E-state index is 8.74. The maximum atomic E-state index is 8.74. The molecule has 2 rings (SSSR count). The van der Waals surface area contributed by atoms with Gasteiger partial charge in [0.1, 0.15) is 11.5 Å². The third-order valence-corrected chi connectivity index (χ3v) is 2.89. The van der Waals surface area contributed by atoms with E-state index in [1.54, 1.807) is 0 Å². The van der Waals surface area contributed by atoms with Gasteiger partial charge in [0.05, 0.1) is 0 Å². The van der Waals surface area contributed by atoms with Crippen LogP contribution in [0.4, 0.5) is 0 Å². The second kappa shape index (κ2) is 12.0. The summed E-state index contributed by atoms with van der Waals surface area (Å²) in [6, 6.07) is 16.1. The molecule has 7 heteroatoms. The van der Waals surface area contributed by atoms with Crippen LogP contribution < -0.4 is 34.3 Å². The van der Waals surface area contributed by atoms with Crippen LogP contribution in [0.15, 0.2) is 73.8 Å². The fraction of sp³-hybridized carbons (Fsp3) is 0.111. The van der Waals surface area contributed by atoms with E-state index in [9.17, 15) is 0 Å². The van der Waals surface area contributed by atoms with Crippen LogP contribution in [0.25, 0.3) is 0 Å². The van der Waals surface area contributed by atoms with Gasteiger partial charge in [-0.3, -0.25) is 9.11 Å². The summed E-state index contributed by atoms with van der Waals surface area (Å²) in [4.78, 5) is 0. The molecule has 0 saturated heterocycles. The van der Waals surface area contributed by atoms with Crippen molar-refractivity contribution in [1.29, 1.82) is 0 Å². The van der Waals surface area contributed by atoms with Crippen molar-refractivity contribution in [3.05, 3.63) is 85.0 Å². The Morgan fingerprint density at radius 1 is 0.880 bits per heavy atom. The molecule has 2 N–H and O–H groups in total. The smallest absolute Gasteiger partial charge is 1.00 e. The molecule has 0 heterocycles. The Morgan fingerprint density at radius 3 is 1.52 bits per heavy atom. The first-order valence-electron chi connectivity index (χ1n) is 7.10. The van der Waals surface area contributed by atoms with Gasteiger partial charge in [0.25, 0.3) is 0 Å². The molecule has 130 valence electrons. The molecule has 25 heavy (non-hydrogen) atoms. The van der Waals surface area contributed by atoms with Crippen molar-refractivity contribution < 1.29 is 53.2 Å². The van der Waals surface area contributed by atoms with Gasteiger partial charge in [-0.25, -0.2) is 0 Å². The third kappa shape index (κ3) is 10.2. The van der Waals surface area contributed by atoms with E-state index in [4.69, 9.17) is 22.3 Å². The summed E-state index contributed by atoms with van der Waals surface area (Å²) in [6.07, 6.45) is 5.38. The van der Waals surface area contributed by atoms with Gasteiger partial charge in [-0.15, -0.1) is 13.2 Å². The molecule has 0 unspecified atom stereocenters. The van der Waals surface area contributed by atoms with Crippen LogP contribution in [0.3, 0.4) is 0 Å². The van der Waals surface area contributed by atoms with Crippen LogP contribution in [-0.2, 0) is 23.2 Å². The monoisotopic (exact) mass is 372 g/mol. The van der Waals surface area contributed by atoms with Gasteiger partial charge in [-0.2, -0.15) is 8.42 Å². The van der Waals surface area contributed by atoms with E-state index in [1.165, 1.54) is 0 Å². The summed E-state index contributed by atoms with van der Waals surface area (Å²) >= 11 is 0. The van der Waals surface area contributed by atoms with E-state index in [0.29, 0.717) is 0 Å². The summed E-state index contributed by atoms with van der Waals surface area (Å²) in [6.45, 7) is 7.56. The van der Waals surface area contributed by atoms with E-state index in [0.717, 1.165) is 35.5 Å². The molecule has 5 nitrogen and oxygen atoms in total. The molecular formula is C18H21NaO5S. The molecule has 0 aromatic heterocycles. The van der Waals surface area contributed by atoms with Crippen LogP contribution in [0.5, 0.6) is 11.5 Å². The maximum Gasteiger partial charge on any atom is 1.00 e. The molecular weight excluding hydrogens is 351 g/mol. The van der Waals surface area contributed by atoms with Gasteiger partial charge in [0.2, 0.25) is 0 Å². The van der Waals surface area contributed by atoms with Crippen molar-refractivity contribution in [2.75, 3.05) is 0 Å². The van der Waals surface area contributed by atoms with Crippen LogP contribution in [0.1, 0.15) is 12.6 Å². The minimum Gasteiger partial charge on any atom is -1.00 e. The van der Waals surface area contributed by atoms with Crippen molar-refractivity contribution in [2.24, 2.45) is 0 Å². The Kier molecular flexibility index (Phi) is 11.3. The molecule has 0 atom stereocenters. The second-order valence-electron chi connectivity index (χ2n) is 4.75. The fourth-order valence-electron chi connectivity index (χ4n) is 1.97. The quantitative estimate of drug-likeness (QED) is 0.455. The predicted octanol–water partition coefficient (Wildman–Crippen LogP) is 1.40. The summed E-state index contributed by atoms with van der Waals surface area (Å²) < 4.78 is 37.6. The summed E-state index contributed by atoms with van der Waals surface area (Å²) in [7, 11) is -4.67. The van der Waals surface area contributed by atoms with Crippen LogP contribution >= 0.6 is 0 Å². The minimum absolute atomic E-state index is 0. The summed E-state index contributed by atoms with van der Waals surface area (Å²) in [5, 5.41) is 0. The molecule has 0 fully saturated rings. The number of hydrogen-bond acceptors (Lipinski definition) is 3. The Hall–Kier alpha value is -1.41. The normalized spacial score (nSPS) is 9.84. The van der Waals surface area contributed by atoms with Crippen LogP contribution in [-0.4, -0.2) is 17.5 Å². The zero-order valence-electron chi connectivity index (χ0n) is 15.1. The number of rotatable bonds is 6. The van der Waals surface area contributed by atoms with Crippen molar-refractivity contribution in [3.8, 4) is 11.5 Å². The molecule has 0 saturated carbocycles. The molecule has 0 amide bonds. The number of hydrogen-bond donors (Lipinski definition) is 2. The van der Waals surface area contributed by atoms with Gasteiger partial charge >= 0.3 is 40.0 Å². The Morgan fingerprint density at radius 2 is 1.20 bits per heavy atom. The average Bonchev–Trinajstić information content (AvgIpc) is 2.50. The third-order valence-electron chi connectivity index (χ3n) is 2.89. The molecule has 2 aromatic rings. The Bertz CT molecular complexity index is 734. The van der Waals surface area contributed by atoms with Crippen LogP contribution in [0, 0.1) is 0 Å². The predicted molar refractivity (Wildman–Crippen MR) is 96.0 cm³/mol. The van der Waals surface area contributed by atoms with Crippen molar-refractivity contribution in [2.45, 2.75) is 12.8 Å². The standard InChI is InChI=1S/C18H18O.Na.H2O4S.H/c1-3-9-15-11-5-7-13-17(15)19-18-14-8-6-12-16(18)10-4-2;;1-5(2,3)4;/h3-8,11-14H,1-2,9-10H2;;(H2,1,2,3,4);/q;+1;;-1. The van der Waals surface area contributed by atoms with Gasteiger partial charge in [-0.05, 0) is 36.1 Å². The summed E-state index contributed by atoms with van der Waals surface area (Å²) in [5.41, 5.74) is 2.29. The molecule has 0 aliphatic rings. The zero-order valence-corrected chi connectivity index (χ0v) is 16.9. The number of benzene rings is 2. The minimum atomic E-state index is -4.67. The van der Waals surface area contributed by atoms with Gasteiger partial charge < -0.3 is 6.16 Å². The number of para-hydroxylation sites is 2. The number of ether oxygens (including phenoxy) is 1. The first kappa shape index (κ1) is 23.6.